The average molecular weight is 382 g/mol. The van der Waals surface area contributed by atoms with E-state index in [4.69, 9.17) is 4.42 Å². The lowest BCUT2D eigenvalue weighted by atomic mass is 9.94. The number of rotatable bonds is 5. The molecule has 3 rings (SSSR count). The molecule has 1 heterocycles. The largest absolute Gasteiger partial charge is 0.508 e. The summed E-state index contributed by atoms with van der Waals surface area (Å²) in [6.45, 7) is 5.85. The summed E-state index contributed by atoms with van der Waals surface area (Å²) in [6, 6.07) is 12.4. The Bertz CT molecular complexity index is 996. The summed E-state index contributed by atoms with van der Waals surface area (Å²) in [4.78, 5) is 13.6. The molecule has 2 aromatic carbocycles. The fraction of sp³-hybridized carbons (Fsp3) is 0.227. The van der Waals surface area contributed by atoms with Gasteiger partial charge in [-0.2, -0.15) is 0 Å². The molecule has 0 radical (unpaired) electrons. The van der Waals surface area contributed by atoms with Crippen LogP contribution in [0.3, 0.4) is 0 Å². The second kappa shape index (κ2) is 7.92. The van der Waals surface area contributed by atoms with Crippen molar-refractivity contribution < 1.29 is 14.6 Å². The molecule has 140 valence electrons. The molecule has 0 spiro atoms. The monoisotopic (exact) mass is 382 g/mol. The molecule has 0 bridgehead atoms. The van der Waals surface area contributed by atoms with Crippen LogP contribution in [0.1, 0.15) is 22.5 Å². The van der Waals surface area contributed by atoms with E-state index in [1.165, 1.54) is 6.07 Å². The maximum Gasteiger partial charge on any atom is 0.347 e. The van der Waals surface area contributed by atoms with Crippen molar-refractivity contribution in [3.63, 3.8) is 0 Å². The van der Waals surface area contributed by atoms with Gasteiger partial charge in [0.25, 0.3) is 0 Å². The molecular weight excluding hydrogens is 360 g/mol. The average Bonchev–Trinajstić information content (AvgIpc) is 2.58. The predicted molar refractivity (Wildman–Crippen MR) is 109 cm³/mol. The molecule has 2 N–H and O–H groups in total. The zero-order chi connectivity index (χ0) is 19.6. The number of benzene rings is 2. The van der Waals surface area contributed by atoms with Crippen LogP contribution in [-0.4, -0.2) is 16.0 Å². The lowest BCUT2D eigenvalue weighted by Gasteiger charge is -2.12. The van der Waals surface area contributed by atoms with E-state index in [1.807, 2.05) is 45.0 Å². The molecule has 0 unspecified atom stereocenters. The lowest BCUT2D eigenvalue weighted by Crippen LogP contribution is -2.08. The van der Waals surface area contributed by atoms with Gasteiger partial charge in [-0.25, -0.2) is 4.79 Å². The van der Waals surface area contributed by atoms with E-state index < -0.39 is 5.63 Å². The Morgan fingerprint density at radius 2 is 1.56 bits per heavy atom. The number of hydrogen-bond donors (Lipinski definition) is 2. The minimum atomic E-state index is -0.519. The van der Waals surface area contributed by atoms with Gasteiger partial charge >= 0.3 is 5.63 Å². The van der Waals surface area contributed by atoms with Gasteiger partial charge in [-0.3, -0.25) is 0 Å². The van der Waals surface area contributed by atoms with Crippen LogP contribution in [0.2, 0.25) is 0 Å². The molecule has 0 saturated carbocycles. The quantitative estimate of drug-likeness (QED) is 0.609. The minimum absolute atomic E-state index is 0.0501. The first-order valence-corrected chi connectivity index (χ1v) is 9.69. The second-order valence-corrected chi connectivity index (χ2v) is 7.79. The summed E-state index contributed by atoms with van der Waals surface area (Å²) in [5.74, 6) is 1.32. The first kappa shape index (κ1) is 19.1. The number of phenols is 1. The number of aromatic hydroxyl groups is 2. The van der Waals surface area contributed by atoms with Gasteiger partial charge < -0.3 is 14.6 Å². The van der Waals surface area contributed by atoms with Gasteiger partial charge in [-0.15, -0.1) is 11.8 Å². The molecule has 1 aromatic heterocycles. The topological polar surface area (TPSA) is 70.7 Å². The highest BCUT2D eigenvalue weighted by Gasteiger charge is 2.17. The van der Waals surface area contributed by atoms with Gasteiger partial charge in [0.15, 0.2) is 0 Å². The predicted octanol–water partition coefficient (Wildman–Crippen LogP) is 4.98. The highest BCUT2D eigenvalue weighted by atomic mass is 32.2. The SMILES string of the molecule is Cc1cc(C)c(-c2c(O)cc(CCSc3ccc(O)cc3)oc2=O)c(C)c1. The van der Waals surface area contributed by atoms with Crippen molar-refractivity contribution >= 4 is 11.8 Å². The number of thioether (sulfide) groups is 1. The number of phenolic OH excluding ortho intramolecular Hbond substituents is 1. The standard InChI is InChI=1S/C22H22O4S/c1-13-10-14(2)20(15(3)11-13)21-19(24)12-17(26-22(21)25)8-9-27-18-6-4-16(23)5-7-18/h4-7,10-12,23-24H,8-9H2,1-3H3. The highest BCUT2D eigenvalue weighted by Crippen LogP contribution is 2.33. The summed E-state index contributed by atoms with van der Waals surface area (Å²) in [7, 11) is 0. The fourth-order valence-electron chi connectivity index (χ4n) is 3.27. The Kier molecular flexibility index (Phi) is 5.61. The molecule has 5 heteroatoms. The van der Waals surface area contributed by atoms with Crippen LogP contribution in [0.15, 0.2) is 56.6 Å². The molecule has 0 amide bonds. The van der Waals surface area contributed by atoms with Gasteiger partial charge in [0.1, 0.15) is 22.8 Å². The fourth-order valence-corrected chi connectivity index (χ4v) is 4.14. The van der Waals surface area contributed by atoms with Crippen LogP contribution in [0, 0.1) is 20.8 Å². The Morgan fingerprint density at radius 1 is 0.926 bits per heavy atom. The summed E-state index contributed by atoms with van der Waals surface area (Å²) in [6.07, 6.45) is 0.514. The minimum Gasteiger partial charge on any atom is -0.508 e. The molecule has 4 nitrogen and oxygen atoms in total. The van der Waals surface area contributed by atoms with Crippen LogP contribution < -0.4 is 5.63 Å². The van der Waals surface area contributed by atoms with Gasteiger partial charge in [-0.1, -0.05) is 17.7 Å². The van der Waals surface area contributed by atoms with E-state index >= 15 is 0 Å². The number of hydrogen-bond acceptors (Lipinski definition) is 5. The van der Waals surface area contributed by atoms with Gasteiger partial charge in [-0.05, 0) is 61.7 Å². The Balaban J connectivity index is 1.81. The first-order valence-electron chi connectivity index (χ1n) is 8.71. The van der Waals surface area contributed by atoms with Gasteiger partial charge in [0.05, 0.1) is 0 Å². The Labute approximate surface area is 162 Å². The van der Waals surface area contributed by atoms with E-state index in [1.54, 1.807) is 23.9 Å². The summed E-state index contributed by atoms with van der Waals surface area (Å²) >= 11 is 1.59. The van der Waals surface area contributed by atoms with Crippen LogP contribution in [0.4, 0.5) is 0 Å². The van der Waals surface area contributed by atoms with Crippen molar-refractivity contribution in [2.75, 3.05) is 5.75 Å². The first-order chi connectivity index (χ1) is 12.8. The van der Waals surface area contributed by atoms with Crippen LogP contribution in [0.25, 0.3) is 11.1 Å². The molecule has 27 heavy (non-hydrogen) atoms. The maximum absolute atomic E-state index is 12.6. The maximum atomic E-state index is 12.6. The number of aryl methyl sites for hydroxylation is 4. The molecule has 3 aromatic rings. The molecular formula is C22H22O4S. The van der Waals surface area contributed by atoms with Crippen molar-refractivity contribution in [1.82, 2.24) is 0 Å². The van der Waals surface area contributed by atoms with E-state index in [2.05, 4.69) is 0 Å². The van der Waals surface area contributed by atoms with Crippen molar-refractivity contribution in [2.45, 2.75) is 32.1 Å². The smallest absolute Gasteiger partial charge is 0.347 e. The molecule has 0 fully saturated rings. The Morgan fingerprint density at radius 3 is 2.15 bits per heavy atom. The lowest BCUT2D eigenvalue weighted by molar-refractivity contribution is 0.430. The summed E-state index contributed by atoms with van der Waals surface area (Å²) in [5.41, 5.74) is 3.42. The van der Waals surface area contributed by atoms with E-state index in [-0.39, 0.29) is 17.1 Å². The molecule has 0 atom stereocenters. The third-order valence-corrected chi connectivity index (χ3v) is 5.38. The van der Waals surface area contributed by atoms with Crippen molar-refractivity contribution in [3.05, 3.63) is 75.3 Å². The van der Waals surface area contributed by atoms with Crippen LogP contribution in [-0.2, 0) is 6.42 Å². The Hall–Kier alpha value is -2.66. The van der Waals surface area contributed by atoms with Crippen molar-refractivity contribution in [1.29, 1.82) is 0 Å². The second-order valence-electron chi connectivity index (χ2n) is 6.63. The summed E-state index contributed by atoms with van der Waals surface area (Å²) in [5, 5.41) is 19.8. The van der Waals surface area contributed by atoms with E-state index in [0.717, 1.165) is 27.1 Å². The molecule has 0 aliphatic rings. The zero-order valence-corrected chi connectivity index (χ0v) is 16.4. The van der Waals surface area contributed by atoms with Gasteiger partial charge in [0.2, 0.25) is 0 Å². The van der Waals surface area contributed by atoms with Crippen molar-refractivity contribution in [2.24, 2.45) is 0 Å². The van der Waals surface area contributed by atoms with E-state index in [0.29, 0.717) is 17.9 Å². The van der Waals surface area contributed by atoms with Crippen LogP contribution >= 0.6 is 11.8 Å². The van der Waals surface area contributed by atoms with Crippen molar-refractivity contribution in [3.8, 4) is 22.6 Å². The summed E-state index contributed by atoms with van der Waals surface area (Å²) < 4.78 is 5.47. The zero-order valence-electron chi connectivity index (χ0n) is 15.6. The molecule has 0 aliphatic heterocycles. The van der Waals surface area contributed by atoms with Crippen LogP contribution in [0.5, 0.6) is 11.5 Å². The highest BCUT2D eigenvalue weighted by molar-refractivity contribution is 7.99. The normalized spacial score (nSPS) is 10.9. The van der Waals surface area contributed by atoms with E-state index in [9.17, 15) is 15.0 Å². The van der Waals surface area contributed by atoms with Gasteiger partial charge in [0, 0.05) is 23.1 Å². The third-order valence-electron chi connectivity index (χ3n) is 4.36. The molecule has 0 saturated heterocycles. The molecule has 0 aliphatic carbocycles. The third kappa shape index (κ3) is 4.37.